The predicted octanol–water partition coefficient (Wildman–Crippen LogP) is 2.56. The largest absolute Gasteiger partial charge is 0.392 e. The van der Waals surface area contributed by atoms with Crippen LogP contribution in [-0.4, -0.2) is 11.7 Å². The molecule has 1 N–H and O–H groups in total. The molecule has 0 atom stereocenters. The van der Waals surface area contributed by atoms with Crippen molar-refractivity contribution < 1.29 is 9.50 Å². The Morgan fingerprint density at radius 1 is 1.43 bits per heavy atom. The molecule has 0 bridgehead atoms. The minimum Gasteiger partial charge on any atom is -0.392 e. The first-order chi connectivity index (χ1) is 6.77. The number of hydrogen-bond donors (Lipinski definition) is 1. The minimum absolute atomic E-state index is 0.0377. The van der Waals surface area contributed by atoms with E-state index in [0.717, 1.165) is 11.1 Å². The third-order valence-corrected chi connectivity index (χ3v) is 1.87. The second-order valence-electron chi connectivity index (χ2n) is 2.92. The number of aliphatic hydroxyl groups is 1. The molecule has 0 unspecified atom stereocenters. The second-order valence-corrected chi connectivity index (χ2v) is 2.92. The van der Waals surface area contributed by atoms with E-state index in [4.69, 9.17) is 5.11 Å². The van der Waals surface area contributed by atoms with Crippen LogP contribution in [0.5, 0.6) is 0 Å². The molecule has 14 heavy (non-hydrogen) atoms. The van der Waals surface area contributed by atoms with Crippen LogP contribution in [0.4, 0.5) is 4.39 Å². The Balaban J connectivity index is 3.02. The molecule has 2 heteroatoms. The zero-order valence-corrected chi connectivity index (χ0v) is 7.91. The van der Waals surface area contributed by atoms with E-state index >= 15 is 0 Å². The minimum atomic E-state index is -0.268. The summed E-state index contributed by atoms with van der Waals surface area (Å²) in [4.78, 5) is 0. The molecule has 0 aromatic heterocycles. The molecule has 0 aliphatic heterocycles. The third kappa shape index (κ3) is 2.82. The quantitative estimate of drug-likeness (QED) is 0.727. The molecule has 1 nitrogen and oxygen atoms in total. The molecule has 0 spiro atoms. The first-order valence-electron chi connectivity index (χ1n) is 4.44. The molecule has 0 heterocycles. The van der Waals surface area contributed by atoms with Gasteiger partial charge in [-0.2, -0.15) is 0 Å². The molecule has 74 valence electrons. The van der Waals surface area contributed by atoms with Crippen molar-refractivity contribution >= 4 is 6.08 Å². The van der Waals surface area contributed by atoms with Gasteiger partial charge < -0.3 is 5.11 Å². The van der Waals surface area contributed by atoms with Gasteiger partial charge >= 0.3 is 0 Å². The fraction of sp³-hybridized carbons (Fsp3) is 0.167. The molecule has 0 aliphatic carbocycles. The Labute approximate surface area is 83.2 Å². The lowest BCUT2D eigenvalue weighted by molar-refractivity contribution is 0.343. The highest BCUT2D eigenvalue weighted by Gasteiger charge is 1.99. The number of rotatable bonds is 4. The molecule has 1 aromatic carbocycles. The van der Waals surface area contributed by atoms with E-state index in [1.165, 1.54) is 12.1 Å². The van der Waals surface area contributed by atoms with Gasteiger partial charge in [-0.05, 0) is 29.7 Å². The summed E-state index contributed by atoms with van der Waals surface area (Å²) in [6.07, 6.45) is 5.76. The Kier molecular flexibility index (Phi) is 4.08. The zero-order valence-electron chi connectivity index (χ0n) is 7.91. The molecule has 1 aromatic rings. The lowest BCUT2D eigenvalue weighted by atomic mass is 10.0. The van der Waals surface area contributed by atoms with E-state index < -0.39 is 0 Å². The lowest BCUT2D eigenvalue weighted by Gasteiger charge is -2.02. The molecule has 1 rings (SSSR count). The van der Waals surface area contributed by atoms with Crippen LogP contribution in [0.2, 0.25) is 0 Å². The topological polar surface area (TPSA) is 20.2 Å². The van der Waals surface area contributed by atoms with Crippen molar-refractivity contribution in [2.45, 2.75) is 6.42 Å². The van der Waals surface area contributed by atoms with Gasteiger partial charge in [0, 0.05) is 0 Å². The van der Waals surface area contributed by atoms with Gasteiger partial charge in [0.2, 0.25) is 0 Å². The fourth-order valence-electron chi connectivity index (χ4n) is 1.24. The van der Waals surface area contributed by atoms with E-state index in [1.807, 2.05) is 0 Å². The Morgan fingerprint density at radius 3 is 2.86 bits per heavy atom. The molecular weight excluding hydrogens is 179 g/mol. The predicted molar refractivity (Wildman–Crippen MR) is 56.4 cm³/mol. The lowest BCUT2D eigenvalue weighted by Crippen LogP contribution is -1.88. The Bertz CT molecular complexity index is 342. The Hall–Kier alpha value is -1.41. The summed E-state index contributed by atoms with van der Waals surface area (Å²) in [5, 5.41) is 8.62. The summed E-state index contributed by atoms with van der Waals surface area (Å²) in [6.45, 7) is 3.59. The number of halogens is 1. The van der Waals surface area contributed by atoms with Gasteiger partial charge in [-0.3, -0.25) is 0 Å². The smallest absolute Gasteiger partial charge is 0.123 e. The van der Waals surface area contributed by atoms with Gasteiger partial charge in [0.25, 0.3) is 0 Å². The molecule has 0 aliphatic rings. The van der Waals surface area contributed by atoms with E-state index in [9.17, 15) is 4.39 Å². The maximum Gasteiger partial charge on any atom is 0.123 e. The van der Waals surface area contributed by atoms with Crippen LogP contribution in [0.3, 0.4) is 0 Å². The molecule has 0 saturated heterocycles. The maximum atomic E-state index is 12.9. The normalized spacial score (nSPS) is 10.7. The monoisotopic (exact) mass is 192 g/mol. The van der Waals surface area contributed by atoms with Gasteiger partial charge in [-0.1, -0.05) is 24.3 Å². The van der Waals surface area contributed by atoms with Crippen molar-refractivity contribution in [1.29, 1.82) is 0 Å². The summed E-state index contributed by atoms with van der Waals surface area (Å²) in [5.74, 6) is -0.268. The standard InChI is InChI=1S/C12H13FO/c1-2-4-10-6-7-12(13)9-11(10)5-3-8-14/h2-3,5-7,9,14H,1,4,8H2/b5-3+. The number of aliphatic hydroxyl groups excluding tert-OH is 1. The second kappa shape index (κ2) is 5.35. The highest BCUT2D eigenvalue weighted by Crippen LogP contribution is 2.14. The van der Waals surface area contributed by atoms with Gasteiger partial charge in [0.05, 0.1) is 6.61 Å². The third-order valence-electron chi connectivity index (χ3n) is 1.87. The average molecular weight is 192 g/mol. The number of hydrogen-bond acceptors (Lipinski definition) is 1. The highest BCUT2D eigenvalue weighted by atomic mass is 19.1. The van der Waals surface area contributed by atoms with E-state index in [2.05, 4.69) is 6.58 Å². The van der Waals surface area contributed by atoms with E-state index in [1.54, 1.807) is 24.3 Å². The molecule has 0 amide bonds. The summed E-state index contributed by atoms with van der Waals surface area (Å²) in [5.41, 5.74) is 1.80. The summed E-state index contributed by atoms with van der Waals surface area (Å²) < 4.78 is 12.9. The SMILES string of the molecule is C=CCc1ccc(F)cc1/C=C/CO. The van der Waals surface area contributed by atoms with Crippen LogP contribution in [0.1, 0.15) is 11.1 Å². The van der Waals surface area contributed by atoms with E-state index in [-0.39, 0.29) is 12.4 Å². The molecule has 0 saturated carbocycles. The fourth-order valence-corrected chi connectivity index (χ4v) is 1.24. The van der Waals surface area contributed by atoms with Gasteiger partial charge in [0.15, 0.2) is 0 Å². The Morgan fingerprint density at radius 2 is 2.21 bits per heavy atom. The van der Waals surface area contributed by atoms with Gasteiger partial charge in [0.1, 0.15) is 5.82 Å². The summed E-state index contributed by atoms with van der Waals surface area (Å²) in [6, 6.07) is 4.61. The van der Waals surface area contributed by atoms with Crippen LogP contribution in [0.25, 0.3) is 6.08 Å². The highest BCUT2D eigenvalue weighted by molar-refractivity contribution is 5.54. The molecule has 0 radical (unpaired) electrons. The van der Waals surface area contributed by atoms with Crippen molar-refractivity contribution in [2.75, 3.05) is 6.61 Å². The van der Waals surface area contributed by atoms with E-state index in [0.29, 0.717) is 6.42 Å². The van der Waals surface area contributed by atoms with Gasteiger partial charge in [-0.15, -0.1) is 6.58 Å². The zero-order chi connectivity index (χ0) is 10.4. The van der Waals surface area contributed by atoms with Crippen LogP contribution in [-0.2, 0) is 6.42 Å². The van der Waals surface area contributed by atoms with Crippen molar-refractivity contribution in [3.05, 3.63) is 53.9 Å². The summed E-state index contributed by atoms with van der Waals surface area (Å²) >= 11 is 0. The van der Waals surface area contributed by atoms with Crippen LogP contribution in [0, 0.1) is 5.82 Å². The van der Waals surface area contributed by atoms with Gasteiger partial charge in [-0.25, -0.2) is 4.39 Å². The first kappa shape index (κ1) is 10.7. The van der Waals surface area contributed by atoms with Crippen molar-refractivity contribution in [3.8, 4) is 0 Å². The van der Waals surface area contributed by atoms with Crippen LogP contribution >= 0.6 is 0 Å². The number of allylic oxidation sites excluding steroid dienone is 1. The maximum absolute atomic E-state index is 12.9. The van der Waals surface area contributed by atoms with Crippen molar-refractivity contribution in [2.24, 2.45) is 0 Å². The van der Waals surface area contributed by atoms with Crippen molar-refractivity contribution in [1.82, 2.24) is 0 Å². The number of benzene rings is 1. The van der Waals surface area contributed by atoms with Crippen LogP contribution < -0.4 is 0 Å². The first-order valence-corrected chi connectivity index (χ1v) is 4.44. The molecule has 0 fully saturated rings. The summed E-state index contributed by atoms with van der Waals surface area (Å²) in [7, 11) is 0. The molecular formula is C12H13FO. The van der Waals surface area contributed by atoms with Crippen molar-refractivity contribution in [3.63, 3.8) is 0 Å². The average Bonchev–Trinajstić information content (AvgIpc) is 2.18. The van der Waals surface area contributed by atoms with Crippen LogP contribution in [0.15, 0.2) is 36.9 Å².